The van der Waals surface area contributed by atoms with Crippen LogP contribution in [0.5, 0.6) is 0 Å². The minimum Gasteiger partial charge on any atom is -0.463 e. The van der Waals surface area contributed by atoms with Crippen LogP contribution >= 0.6 is 0 Å². The van der Waals surface area contributed by atoms with Crippen LogP contribution in [0.1, 0.15) is 13.3 Å². The van der Waals surface area contributed by atoms with E-state index in [0.29, 0.717) is 18.6 Å². The Morgan fingerprint density at radius 1 is 1.52 bits per heavy atom. The molecule has 118 valence electrons. The maximum Gasteiger partial charge on any atom is 0.334 e. The third-order valence-corrected chi connectivity index (χ3v) is 4.04. The van der Waals surface area contributed by atoms with Crippen LogP contribution in [0.3, 0.4) is 0 Å². The Morgan fingerprint density at radius 2 is 2.19 bits per heavy atom. The van der Waals surface area contributed by atoms with Crippen molar-refractivity contribution in [2.24, 2.45) is 5.92 Å². The van der Waals surface area contributed by atoms with Crippen molar-refractivity contribution in [2.45, 2.75) is 38.8 Å². The molecule has 0 aromatic rings. The van der Waals surface area contributed by atoms with Gasteiger partial charge in [0.15, 0.2) is 14.1 Å². The molecule has 0 aromatic carbocycles. The Bertz CT molecular complexity index is 448. The van der Waals surface area contributed by atoms with Gasteiger partial charge in [-0.25, -0.2) is 4.79 Å². The van der Waals surface area contributed by atoms with Gasteiger partial charge in [0.1, 0.15) is 0 Å². The molecular weight excluding hydrogens is 284 g/mol. The van der Waals surface area contributed by atoms with Gasteiger partial charge in [-0.15, -0.1) is 6.58 Å². The maximum atomic E-state index is 12.0. The fourth-order valence-electron chi connectivity index (χ4n) is 2.30. The molecule has 5 heteroatoms. The van der Waals surface area contributed by atoms with Gasteiger partial charge in [0.05, 0.1) is 12.5 Å². The second kappa shape index (κ2) is 7.20. The lowest BCUT2D eigenvalue weighted by atomic mass is 9.97. The predicted molar refractivity (Wildman–Crippen MR) is 86.3 cm³/mol. The van der Waals surface area contributed by atoms with Crippen LogP contribution < -0.4 is 0 Å². The molecule has 0 radical (unpaired) electrons. The molecule has 0 aliphatic heterocycles. The van der Waals surface area contributed by atoms with Gasteiger partial charge in [0.2, 0.25) is 0 Å². The summed E-state index contributed by atoms with van der Waals surface area (Å²) in [7, 11) is -0.237. The van der Waals surface area contributed by atoms with Crippen LogP contribution in [-0.4, -0.2) is 33.8 Å². The standard InChI is InChI=1S/C16H26O4Si/c1-7-14-12-13(15(17)19-8-2)10-9-11-16(14,18-3)20-21(4,5)6/h7,9,11-12,14H,1,8,10H2,2-6H3. The zero-order valence-electron chi connectivity index (χ0n) is 13.6. The molecule has 21 heavy (non-hydrogen) atoms. The molecule has 0 saturated carbocycles. The van der Waals surface area contributed by atoms with E-state index in [1.807, 2.05) is 18.2 Å². The van der Waals surface area contributed by atoms with Crippen LogP contribution in [0, 0.1) is 5.92 Å². The van der Waals surface area contributed by atoms with Gasteiger partial charge in [-0.05, 0) is 39.1 Å². The first-order valence-electron chi connectivity index (χ1n) is 7.21. The van der Waals surface area contributed by atoms with E-state index in [1.165, 1.54) is 0 Å². The lowest BCUT2D eigenvalue weighted by Gasteiger charge is -2.39. The molecule has 0 N–H and O–H groups in total. The zero-order chi connectivity index (χ0) is 16.1. The van der Waals surface area contributed by atoms with Crippen molar-refractivity contribution in [3.8, 4) is 0 Å². The van der Waals surface area contributed by atoms with Crippen LogP contribution in [0.4, 0.5) is 0 Å². The van der Waals surface area contributed by atoms with E-state index in [9.17, 15) is 4.79 Å². The Balaban J connectivity index is 3.17. The summed E-state index contributed by atoms with van der Waals surface area (Å²) in [4.78, 5) is 12.0. The molecule has 2 unspecified atom stereocenters. The predicted octanol–water partition coefficient (Wildman–Crippen LogP) is 3.43. The van der Waals surface area contributed by atoms with Crippen molar-refractivity contribution in [3.63, 3.8) is 0 Å². The third kappa shape index (κ3) is 4.66. The first-order chi connectivity index (χ1) is 9.78. The summed E-state index contributed by atoms with van der Waals surface area (Å²) in [5.41, 5.74) is 0.608. The Kier molecular flexibility index (Phi) is 6.13. The van der Waals surface area contributed by atoms with E-state index >= 15 is 0 Å². The Hall–Kier alpha value is -1.17. The molecule has 0 saturated heterocycles. The monoisotopic (exact) mass is 310 g/mol. The molecule has 1 aliphatic rings. The van der Waals surface area contributed by atoms with Crippen LogP contribution in [0.15, 0.2) is 36.5 Å². The van der Waals surface area contributed by atoms with Crippen molar-refractivity contribution in [3.05, 3.63) is 36.5 Å². The van der Waals surface area contributed by atoms with Gasteiger partial charge in [-0.2, -0.15) is 0 Å². The topological polar surface area (TPSA) is 44.8 Å². The number of allylic oxidation sites excluding steroid dienone is 1. The smallest absolute Gasteiger partial charge is 0.334 e. The molecule has 0 heterocycles. The lowest BCUT2D eigenvalue weighted by Crippen LogP contribution is -2.47. The molecule has 2 atom stereocenters. The Labute approximate surface area is 128 Å². The minimum absolute atomic E-state index is 0.243. The number of hydrogen-bond acceptors (Lipinski definition) is 4. The SMILES string of the molecule is C=CC1C=C(C(=O)OCC)CC=CC1(OC)O[Si](C)(C)C. The first kappa shape index (κ1) is 17.9. The largest absolute Gasteiger partial charge is 0.463 e. The fraction of sp³-hybridized carbons (Fsp3) is 0.562. The van der Waals surface area contributed by atoms with Crippen molar-refractivity contribution >= 4 is 14.3 Å². The van der Waals surface area contributed by atoms with E-state index in [-0.39, 0.29) is 11.9 Å². The van der Waals surface area contributed by atoms with E-state index in [2.05, 4.69) is 26.2 Å². The maximum absolute atomic E-state index is 12.0. The lowest BCUT2D eigenvalue weighted by molar-refractivity contribution is -0.147. The van der Waals surface area contributed by atoms with Crippen LogP contribution in [-0.2, 0) is 18.7 Å². The van der Waals surface area contributed by atoms with Gasteiger partial charge in [0.25, 0.3) is 0 Å². The molecule has 0 fully saturated rings. The molecule has 0 aromatic heterocycles. The average molecular weight is 310 g/mol. The number of carbonyl (C=O) groups is 1. The van der Waals surface area contributed by atoms with Gasteiger partial charge < -0.3 is 13.9 Å². The van der Waals surface area contributed by atoms with Crippen molar-refractivity contribution in [2.75, 3.05) is 13.7 Å². The molecular formula is C16H26O4Si. The highest BCUT2D eigenvalue weighted by Crippen LogP contribution is 2.34. The molecule has 1 aliphatic carbocycles. The van der Waals surface area contributed by atoms with Gasteiger partial charge in [-0.1, -0.05) is 18.2 Å². The Morgan fingerprint density at radius 3 is 2.67 bits per heavy atom. The number of hydrogen-bond donors (Lipinski definition) is 0. The minimum atomic E-state index is -1.85. The average Bonchev–Trinajstić information content (AvgIpc) is 2.57. The fourth-order valence-corrected chi connectivity index (χ4v) is 3.54. The highest BCUT2D eigenvalue weighted by atomic mass is 28.4. The zero-order valence-corrected chi connectivity index (χ0v) is 14.6. The number of esters is 1. The van der Waals surface area contributed by atoms with Gasteiger partial charge in [-0.3, -0.25) is 0 Å². The summed E-state index contributed by atoms with van der Waals surface area (Å²) in [5, 5.41) is 0. The van der Waals surface area contributed by atoms with E-state index in [1.54, 1.807) is 20.1 Å². The van der Waals surface area contributed by atoms with Crippen LogP contribution in [0.25, 0.3) is 0 Å². The van der Waals surface area contributed by atoms with Crippen LogP contribution in [0.2, 0.25) is 19.6 Å². The summed E-state index contributed by atoms with van der Waals surface area (Å²) in [5.74, 6) is -1.44. The van der Waals surface area contributed by atoms with Crippen molar-refractivity contribution in [1.29, 1.82) is 0 Å². The molecule has 0 spiro atoms. The molecule has 4 nitrogen and oxygen atoms in total. The van der Waals surface area contributed by atoms with E-state index in [4.69, 9.17) is 13.9 Å². The number of rotatable bonds is 6. The van der Waals surface area contributed by atoms with Gasteiger partial charge in [0, 0.05) is 12.7 Å². The normalized spacial score (nSPS) is 26.0. The molecule has 0 bridgehead atoms. The quantitative estimate of drug-likeness (QED) is 0.326. The highest BCUT2D eigenvalue weighted by Gasteiger charge is 2.40. The molecule has 0 amide bonds. The number of methoxy groups -OCH3 is 1. The summed E-state index contributed by atoms with van der Waals surface area (Å²) >= 11 is 0. The second-order valence-electron chi connectivity index (χ2n) is 5.92. The summed E-state index contributed by atoms with van der Waals surface area (Å²) < 4.78 is 17.0. The summed E-state index contributed by atoms with van der Waals surface area (Å²) in [6.45, 7) is 12.3. The van der Waals surface area contributed by atoms with Crippen molar-refractivity contribution < 1.29 is 18.7 Å². The second-order valence-corrected chi connectivity index (χ2v) is 10.3. The number of ether oxygens (including phenoxy) is 2. The first-order valence-corrected chi connectivity index (χ1v) is 10.6. The third-order valence-electron chi connectivity index (χ3n) is 3.11. The van der Waals surface area contributed by atoms with Gasteiger partial charge >= 0.3 is 5.97 Å². The molecule has 1 rings (SSSR count). The van der Waals surface area contributed by atoms with E-state index < -0.39 is 14.1 Å². The van der Waals surface area contributed by atoms with Crippen molar-refractivity contribution in [1.82, 2.24) is 0 Å². The highest BCUT2D eigenvalue weighted by molar-refractivity contribution is 6.69. The summed E-state index contributed by atoms with van der Waals surface area (Å²) in [6, 6.07) is 0. The number of carbonyl (C=O) groups excluding carboxylic acids is 1. The van der Waals surface area contributed by atoms with E-state index in [0.717, 1.165) is 0 Å². The summed E-state index contributed by atoms with van der Waals surface area (Å²) in [6.07, 6.45) is 7.88.